The molecule has 2 heterocycles. The number of aromatic nitrogens is 4. The standard InChI is InChI=1S/C21H17ClN6O3/c22-18-7-3-16(4-8-18)12-26-10-9-20(25-26)24-21(29)17-5-1-15(2-6-17)13-27-14-19(11-23-27)28(30)31/h1-11,14H,12-13H2,(H,24,25,29). The Labute approximate surface area is 182 Å². The Hall–Kier alpha value is -3.98. The van der Waals surface area contributed by atoms with Crippen LogP contribution in [0, 0.1) is 10.1 Å². The minimum absolute atomic E-state index is 0.0634. The van der Waals surface area contributed by atoms with Gasteiger partial charge in [0.25, 0.3) is 5.91 Å². The molecule has 10 heteroatoms. The van der Waals surface area contributed by atoms with Crippen molar-refractivity contribution in [3.63, 3.8) is 0 Å². The van der Waals surface area contributed by atoms with Crippen LogP contribution < -0.4 is 5.32 Å². The second-order valence-corrected chi connectivity index (χ2v) is 7.27. The van der Waals surface area contributed by atoms with Gasteiger partial charge in [0.2, 0.25) is 0 Å². The second-order valence-electron chi connectivity index (χ2n) is 6.83. The summed E-state index contributed by atoms with van der Waals surface area (Å²) in [5, 5.41) is 22.5. The van der Waals surface area contributed by atoms with E-state index in [0.717, 1.165) is 11.1 Å². The molecule has 31 heavy (non-hydrogen) atoms. The number of amides is 1. The number of hydrogen-bond donors (Lipinski definition) is 1. The molecule has 1 N–H and O–H groups in total. The smallest absolute Gasteiger partial charge is 0.305 e. The molecule has 0 aliphatic carbocycles. The second kappa shape index (κ2) is 8.80. The summed E-state index contributed by atoms with van der Waals surface area (Å²) in [7, 11) is 0. The molecule has 0 fully saturated rings. The molecular weight excluding hydrogens is 420 g/mol. The van der Waals surface area contributed by atoms with Crippen molar-refractivity contribution in [3.05, 3.63) is 105 Å². The van der Waals surface area contributed by atoms with E-state index in [1.165, 1.54) is 17.1 Å². The highest BCUT2D eigenvalue weighted by atomic mass is 35.5. The Kier molecular flexibility index (Phi) is 5.76. The lowest BCUT2D eigenvalue weighted by Gasteiger charge is -2.05. The summed E-state index contributed by atoms with van der Waals surface area (Å²) < 4.78 is 3.20. The number of anilines is 1. The van der Waals surface area contributed by atoms with Gasteiger partial charge in [0.1, 0.15) is 12.4 Å². The Balaban J connectivity index is 1.35. The first-order valence-electron chi connectivity index (χ1n) is 9.31. The first-order valence-corrected chi connectivity index (χ1v) is 9.69. The molecule has 0 spiro atoms. The summed E-state index contributed by atoms with van der Waals surface area (Å²) in [4.78, 5) is 22.7. The van der Waals surface area contributed by atoms with Crippen LogP contribution in [0.15, 0.2) is 73.2 Å². The molecule has 2 aromatic carbocycles. The van der Waals surface area contributed by atoms with Crippen LogP contribution in [0.25, 0.3) is 0 Å². The Bertz CT molecular complexity index is 1210. The van der Waals surface area contributed by atoms with E-state index in [1.54, 1.807) is 41.2 Å². The molecule has 2 aromatic heterocycles. The van der Waals surface area contributed by atoms with Gasteiger partial charge < -0.3 is 5.32 Å². The molecule has 9 nitrogen and oxygen atoms in total. The van der Waals surface area contributed by atoms with Crippen LogP contribution in [-0.4, -0.2) is 30.4 Å². The van der Waals surface area contributed by atoms with Crippen molar-refractivity contribution in [2.75, 3.05) is 5.32 Å². The summed E-state index contributed by atoms with van der Waals surface area (Å²) >= 11 is 5.90. The van der Waals surface area contributed by atoms with Crippen LogP contribution in [0.3, 0.4) is 0 Å². The van der Waals surface area contributed by atoms with Gasteiger partial charge in [-0.15, -0.1) is 0 Å². The zero-order valence-corrected chi connectivity index (χ0v) is 16.9. The zero-order valence-electron chi connectivity index (χ0n) is 16.2. The van der Waals surface area contributed by atoms with E-state index < -0.39 is 4.92 Å². The lowest BCUT2D eigenvalue weighted by atomic mass is 10.1. The molecule has 0 saturated carbocycles. The van der Waals surface area contributed by atoms with Crippen LogP contribution >= 0.6 is 11.6 Å². The normalized spacial score (nSPS) is 10.7. The van der Waals surface area contributed by atoms with E-state index in [4.69, 9.17) is 11.6 Å². The first kappa shape index (κ1) is 20.3. The largest absolute Gasteiger partial charge is 0.307 e. The fraction of sp³-hybridized carbons (Fsp3) is 0.0952. The minimum atomic E-state index is -0.492. The van der Waals surface area contributed by atoms with Gasteiger partial charge in [-0.3, -0.25) is 24.3 Å². The Morgan fingerprint density at radius 1 is 1.00 bits per heavy atom. The highest BCUT2D eigenvalue weighted by molar-refractivity contribution is 6.30. The van der Waals surface area contributed by atoms with E-state index in [9.17, 15) is 14.9 Å². The Morgan fingerprint density at radius 2 is 1.65 bits per heavy atom. The van der Waals surface area contributed by atoms with Gasteiger partial charge in [-0.05, 0) is 35.4 Å². The number of carbonyl (C=O) groups is 1. The molecule has 0 radical (unpaired) electrons. The van der Waals surface area contributed by atoms with Crippen molar-refractivity contribution >= 4 is 29.0 Å². The quantitative estimate of drug-likeness (QED) is 0.348. The predicted octanol–water partition coefficient (Wildman–Crippen LogP) is 3.99. The maximum Gasteiger partial charge on any atom is 0.307 e. The topological polar surface area (TPSA) is 108 Å². The van der Waals surface area contributed by atoms with Gasteiger partial charge in [0.05, 0.1) is 18.0 Å². The van der Waals surface area contributed by atoms with Gasteiger partial charge in [0.15, 0.2) is 5.82 Å². The summed E-state index contributed by atoms with van der Waals surface area (Å²) in [6.07, 6.45) is 4.35. The fourth-order valence-corrected chi connectivity index (χ4v) is 3.09. The van der Waals surface area contributed by atoms with Crippen molar-refractivity contribution in [3.8, 4) is 0 Å². The Morgan fingerprint density at radius 3 is 2.29 bits per heavy atom. The third-order valence-electron chi connectivity index (χ3n) is 4.53. The lowest BCUT2D eigenvalue weighted by molar-refractivity contribution is -0.385. The van der Waals surface area contributed by atoms with Crippen LogP contribution in [0.1, 0.15) is 21.5 Å². The molecule has 4 rings (SSSR count). The number of rotatable bonds is 7. The maximum atomic E-state index is 12.5. The van der Waals surface area contributed by atoms with Crippen molar-refractivity contribution in [2.24, 2.45) is 0 Å². The molecule has 0 unspecified atom stereocenters. The lowest BCUT2D eigenvalue weighted by Crippen LogP contribution is -2.13. The average molecular weight is 437 g/mol. The van der Waals surface area contributed by atoms with E-state index in [2.05, 4.69) is 15.5 Å². The molecule has 1 amide bonds. The van der Waals surface area contributed by atoms with Gasteiger partial charge in [-0.1, -0.05) is 35.9 Å². The predicted molar refractivity (Wildman–Crippen MR) is 115 cm³/mol. The molecule has 0 bridgehead atoms. The van der Waals surface area contributed by atoms with E-state index in [0.29, 0.717) is 29.5 Å². The molecule has 0 aliphatic rings. The maximum absolute atomic E-state index is 12.5. The summed E-state index contributed by atoms with van der Waals surface area (Å²) in [5.74, 6) is 0.171. The minimum Gasteiger partial charge on any atom is -0.305 e. The molecule has 0 atom stereocenters. The van der Waals surface area contributed by atoms with Crippen LogP contribution in [0.5, 0.6) is 0 Å². The van der Waals surface area contributed by atoms with E-state index in [1.807, 2.05) is 24.3 Å². The molecule has 0 aliphatic heterocycles. The van der Waals surface area contributed by atoms with Crippen LogP contribution in [0.4, 0.5) is 11.5 Å². The van der Waals surface area contributed by atoms with Crippen LogP contribution in [-0.2, 0) is 13.1 Å². The highest BCUT2D eigenvalue weighted by Gasteiger charge is 2.11. The van der Waals surface area contributed by atoms with Crippen molar-refractivity contribution < 1.29 is 9.72 Å². The average Bonchev–Trinajstić information content (AvgIpc) is 3.40. The molecular formula is C21H17ClN6O3. The van der Waals surface area contributed by atoms with E-state index in [-0.39, 0.29) is 11.6 Å². The summed E-state index contributed by atoms with van der Waals surface area (Å²) in [5.41, 5.74) is 2.32. The highest BCUT2D eigenvalue weighted by Crippen LogP contribution is 2.14. The van der Waals surface area contributed by atoms with Crippen molar-refractivity contribution in [2.45, 2.75) is 13.1 Å². The monoisotopic (exact) mass is 436 g/mol. The molecule has 0 saturated heterocycles. The fourth-order valence-electron chi connectivity index (χ4n) is 2.96. The molecule has 4 aromatic rings. The third-order valence-corrected chi connectivity index (χ3v) is 4.78. The van der Waals surface area contributed by atoms with Gasteiger partial charge in [-0.25, -0.2) is 0 Å². The number of nitrogens with zero attached hydrogens (tertiary/aromatic N) is 5. The van der Waals surface area contributed by atoms with Crippen molar-refractivity contribution in [1.82, 2.24) is 19.6 Å². The number of nitrogens with one attached hydrogen (secondary N) is 1. The van der Waals surface area contributed by atoms with Crippen LogP contribution in [0.2, 0.25) is 5.02 Å². The first-order chi connectivity index (χ1) is 15.0. The SMILES string of the molecule is O=C(Nc1ccn(Cc2ccc(Cl)cc2)n1)c1ccc(Cn2cc([N+](=O)[O-])cn2)cc1. The number of nitro groups is 1. The molecule has 156 valence electrons. The third kappa shape index (κ3) is 5.14. The number of benzene rings is 2. The van der Waals surface area contributed by atoms with Crippen molar-refractivity contribution in [1.29, 1.82) is 0 Å². The summed E-state index contributed by atoms with van der Waals surface area (Å²) in [6, 6.07) is 16.1. The number of hydrogen-bond acceptors (Lipinski definition) is 5. The van der Waals surface area contributed by atoms with Gasteiger partial charge in [0, 0.05) is 22.8 Å². The zero-order chi connectivity index (χ0) is 21.8. The number of carbonyl (C=O) groups excluding carboxylic acids is 1. The number of halogens is 1. The van der Waals surface area contributed by atoms with Gasteiger partial charge in [-0.2, -0.15) is 10.2 Å². The van der Waals surface area contributed by atoms with Gasteiger partial charge >= 0.3 is 5.69 Å². The van der Waals surface area contributed by atoms with E-state index >= 15 is 0 Å². The summed E-state index contributed by atoms with van der Waals surface area (Å²) in [6.45, 7) is 0.929.